The van der Waals surface area contributed by atoms with Crippen LogP contribution in [0.15, 0.2) is 29.1 Å². The molecule has 94 valence electrons. The number of rotatable bonds is 3. The highest BCUT2D eigenvalue weighted by Crippen LogP contribution is 2.09. The molecule has 0 unspecified atom stereocenters. The molecule has 0 bridgehead atoms. The second-order valence-electron chi connectivity index (χ2n) is 3.96. The molecule has 2 aromatic heterocycles. The Balaban J connectivity index is 2.02. The zero-order valence-electron chi connectivity index (χ0n) is 10.1. The number of halogens is 1. The van der Waals surface area contributed by atoms with Gasteiger partial charge < -0.3 is 5.32 Å². The quantitative estimate of drug-likeness (QED) is 0.880. The summed E-state index contributed by atoms with van der Waals surface area (Å²) in [6.07, 6.45) is 3.49. The molecule has 0 atom stereocenters. The zero-order chi connectivity index (χ0) is 13.1. The molecule has 0 aromatic carbocycles. The van der Waals surface area contributed by atoms with Crippen LogP contribution in [0.3, 0.4) is 0 Å². The fourth-order valence-corrected chi connectivity index (χ4v) is 2.01. The minimum absolute atomic E-state index is 0.124. The van der Waals surface area contributed by atoms with Gasteiger partial charge in [-0.3, -0.25) is 9.48 Å². The first-order valence-electron chi connectivity index (χ1n) is 5.45. The van der Waals surface area contributed by atoms with E-state index in [2.05, 4.69) is 31.3 Å². The van der Waals surface area contributed by atoms with Crippen molar-refractivity contribution >= 4 is 21.8 Å². The lowest BCUT2D eigenvalue weighted by molar-refractivity contribution is 0.0950. The topological polar surface area (TPSA) is 59.8 Å². The molecule has 5 nitrogen and oxygen atoms in total. The third kappa shape index (κ3) is 2.95. The number of pyridine rings is 1. The number of aromatic nitrogens is 3. The molecule has 6 heteroatoms. The molecular weight excluding hydrogens is 296 g/mol. The number of nitrogens with zero attached hydrogens (tertiary/aromatic N) is 3. The molecule has 0 saturated carbocycles. The predicted octanol–water partition coefficient (Wildman–Crippen LogP) is 1.82. The van der Waals surface area contributed by atoms with Gasteiger partial charge in [0.2, 0.25) is 0 Å². The van der Waals surface area contributed by atoms with Crippen LogP contribution in [0.25, 0.3) is 0 Å². The Morgan fingerprint density at radius 1 is 1.56 bits per heavy atom. The monoisotopic (exact) mass is 308 g/mol. The number of hydrogen-bond donors (Lipinski definition) is 1. The van der Waals surface area contributed by atoms with Crippen molar-refractivity contribution in [2.24, 2.45) is 7.05 Å². The van der Waals surface area contributed by atoms with E-state index in [1.54, 1.807) is 23.0 Å². The van der Waals surface area contributed by atoms with E-state index in [-0.39, 0.29) is 5.91 Å². The molecule has 0 saturated heterocycles. The highest BCUT2D eigenvalue weighted by molar-refractivity contribution is 9.10. The van der Waals surface area contributed by atoms with Gasteiger partial charge in [0, 0.05) is 37.1 Å². The smallest absolute Gasteiger partial charge is 0.251 e. The Kier molecular flexibility index (Phi) is 3.76. The summed E-state index contributed by atoms with van der Waals surface area (Å²) < 4.78 is 2.38. The van der Waals surface area contributed by atoms with Gasteiger partial charge in [0.15, 0.2) is 0 Å². The van der Waals surface area contributed by atoms with Crippen molar-refractivity contribution in [1.82, 2.24) is 20.1 Å². The standard InChI is InChI=1S/C12H13BrN4O/c1-8-10(7-17(2)16-8)6-15-12(18)9-3-4-14-11(13)5-9/h3-5,7H,6H2,1-2H3,(H,15,18). The first-order valence-corrected chi connectivity index (χ1v) is 6.24. The van der Waals surface area contributed by atoms with Crippen LogP contribution in [0, 0.1) is 6.92 Å². The molecule has 1 amide bonds. The van der Waals surface area contributed by atoms with Gasteiger partial charge >= 0.3 is 0 Å². The molecule has 0 aliphatic carbocycles. The van der Waals surface area contributed by atoms with Crippen LogP contribution in [0.5, 0.6) is 0 Å². The Morgan fingerprint density at radius 2 is 2.33 bits per heavy atom. The fourth-order valence-electron chi connectivity index (χ4n) is 1.64. The lowest BCUT2D eigenvalue weighted by Crippen LogP contribution is -2.23. The average molecular weight is 309 g/mol. The van der Waals surface area contributed by atoms with E-state index in [1.807, 2.05) is 20.2 Å². The Morgan fingerprint density at radius 3 is 2.94 bits per heavy atom. The van der Waals surface area contributed by atoms with Crippen molar-refractivity contribution in [3.63, 3.8) is 0 Å². The summed E-state index contributed by atoms with van der Waals surface area (Å²) in [7, 11) is 1.86. The van der Waals surface area contributed by atoms with Crippen LogP contribution in [0.4, 0.5) is 0 Å². The fraction of sp³-hybridized carbons (Fsp3) is 0.250. The van der Waals surface area contributed by atoms with E-state index >= 15 is 0 Å². The maximum absolute atomic E-state index is 11.9. The number of carbonyl (C=O) groups excluding carboxylic acids is 1. The van der Waals surface area contributed by atoms with Crippen LogP contribution in [-0.4, -0.2) is 20.7 Å². The van der Waals surface area contributed by atoms with Crippen LogP contribution < -0.4 is 5.32 Å². The van der Waals surface area contributed by atoms with Crippen molar-refractivity contribution < 1.29 is 4.79 Å². The highest BCUT2D eigenvalue weighted by Gasteiger charge is 2.08. The summed E-state index contributed by atoms with van der Waals surface area (Å²) in [5.41, 5.74) is 2.52. The summed E-state index contributed by atoms with van der Waals surface area (Å²) in [5.74, 6) is -0.124. The van der Waals surface area contributed by atoms with E-state index in [1.165, 1.54) is 0 Å². The SMILES string of the molecule is Cc1nn(C)cc1CNC(=O)c1ccnc(Br)c1. The summed E-state index contributed by atoms with van der Waals surface area (Å²) in [6.45, 7) is 2.39. The van der Waals surface area contributed by atoms with Crippen molar-refractivity contribution in [3.05, 3.63) is 46.0 Å². The van der Waals surface area contributed by atoms with E-state index in [0.717, 1.165) is 11.3 Å². The maximum atomic E-state index is 11.9. The van der Waals surface area contributed by atoms with E-state index in [9.17, 15) is 4.79 Å². The van der Waals surface area contributed by atoms with E-state index < -0.39 is 0 Å². The predicted molar refractivity (Wildman–Crippen MR) is 71.1 cm³/mol. The van der Waals surface area contributed by atoms with Crippen molar-refractivity contribution in [1.29, 1.82) is 0 Å². The van der Waals surface area contributed by atoms with E-state index in [4.69, 9.17) is 0 Å². The van der Waals surface area contributed by atoms with Gasteiger partial charge in [-0.25, -0.2) is 4.98 Å². The van der Waals surface area contributed by atoms with Gasteiger partial charge in [-0.15, -0.1) is 0 Å². The van der Waals surface area contributed by atoms with Crippen LogP contribution in [0.1, 0.15) is 21.6 Å². The molecule has 1 N–H and O–H groups in total. The largest absolute Gasteiger partial charge is 0.348 e. The van der Waals surface area contributed by atoms with Gasteiger partial charge in [0.05, 0.1) is 5.69 Å². The lowest BCUT2D eigenvalue weighted by atomic mass is 10.2. The Bertz CT molecular complexity index is 579. The van der Waals surface area contributed by atoms with Gasteiger partial charge in [-0.05, 0) is 35.0 Å². The Hall–Kier alpha value is -1.69. The third-order valence-electron chi connectivity index (χ3n) is 2.54. The molecule has 0 aliphatic rings. The van der Waals surface area contributed by atoms with Crippen LogP contribution >= 0.6 is 15.9 Å². The van der Waals surface area contributed by atoms with Gasteiger partial charge in [-0.2, -0.15) is 5.10 Å². The first kappa shape index (κ1) is 12.8. The molecule has 0 spiro atoms. The van der Waals surface area contributed by atoms with Crippen molar-refractivity contribution in [2.45, 2.75) is 13.5 Å². The van der Waals surface area contributed by atoms with E-state index in [0.29, 0.717) is 16.7 Å². The molecule has 0 radical (unpaired) electrons. The number of hydrogen-bond acceptors (Lipinski definition) is 3. The second-order valence-corrected chi connectivity index (χ2v) is 4.78. The summed E-state index contributed by atoms with van der Waals surface area (Å²) >= 11 is 3.24. The molecule has 2 heterocycles. The van der Waals surface area contributed by atoms with Gasteiger partial charge in [0.1, 0.15) is 4.60 Å². The number of nitrogens with one attached hydrogen (secondary N) is 1. The molecule has 0 aliphatic heterocycles. The van der Waals surface area contributed by atoms with Gasteiger partial charge in [-0.1, -0.05) is 0 Å². The molecule has 2 aromatic rings. The van der Waals surface area contributed by atoms with Gasteiger partial charge in [0.25, 0.3) is 5.91 Å². The number of amides is 1. The minimum atomic E-state index is -0.124. The number of carbonyl (C=O) groups is 1. The maximum Gasteiger partial charge on any atom is 0.251 e. The molecular formula is C12H13BrN4O. The molecule has 18 heavy (non-hydrogen) atoms. The Labute approximate surface area is 113 Å². The minimum Gasteiger partial charge on any atom is -0.348 e. The normalized spacial score (nSPS) is 10.4. The average Bonchev–Trinajstić information content (AvgIpc) is 2.65. The first-order chi connectivity index (χ1) is 8.56. The molecule has 0 fully saturated rings. The second kappa shape index (κ2) is 5.30. The van der Waals surface area contributed by atoms with Crippen molar-refractivity contribution in [2.75, 3.05) is 0 Å². The van der Waals surface area contributed by atoms with Crippen molar-refractivity contribution in [3.8, 4) is 0 Å². The summed E-state index contributed by atoms with van der Waals surface area (Å²) in [4.78, 5) is 15.9. The summed E-state index contributed by atoms with van der Waals surface area (Å²) in [6, 6.07) is 3.36. The number of aryl methyl sites for hydroxylation is 2. The van der Waals surface area contributed by atoms with Crippen LogP contribution in [0.2, 0.25) is 0 Å². The zero-order valence-corrected chi connectivity index (χ0v) is 11.7. The molecule has 2 rings (SSSR count). The summed E-state index contributed by atoms with van der Waals surface area (Å²) in [5, 5.41) is 7.08. The van der Waals surface area contributed by atoms with Crippen LogP contribution in [-0.2, 0) is 13.6 Å². The third-order valence-corrected chi connectivity index (χ3v) is 2.98. The highest BCUT2D eigenvalue weighted by atomic mass is 79.9. The lowest BCUT2D eigenvalue weighted by Gasteiger charge is -2.04.